The summed E-state index contributed by atoms with van der Waals surface area (Å²) in [6.45, 7) is 0. The van der Waals surface area contributed by atoms with Gasteiger partial charge in [-0.05, 0) is 40.9 Å². The highest BCUT2D eigenvalue weighted by Gasteiger charge is 2.27. The summed E-state index contributed by atoms with van der Waals surface area (Å²) >= 11 is 3.11. The molecule has 3 rings (SSSR count). The first-order valence-corrected chi connectivity index (χ1v) is 7.14. The van der Waals surface area contributed by atoms with Gasteiger partial charge in [-0.25, -0.2) is 9.37 Å². The Morgan fingerprint density at radius 3 is 2.75 bits per heavy atom. The van der Waals surface area contributed by atoms with Crippen molar-refractivity contribution in [1.82, 2.24) is 9.97 Å². The number of nitrogens with zero attached hydrogens (tertiary/aromatic N) is 2. The minimum atomic E-state index is -0.368. The van der Waals surface area contributed by atoms with Crippen LogP contribution < -0.4 is 10.1 Å². The minimum Gasteiger partial charge on any atom is -0.439 e. The van der Waals surface area contributed by atoms with E-state index < -0.39 is 0 Å². The maximum absolute atomic E-state index is 13.5. The number of aromatic nitrogens is 2. The van der Waals surface area contributed by atoms with Gasteiger partial charge in [-0.15, -0.1) is 0 Å². The summed E-state index contributed by atoms with van der Waals surface area (Å²) in [5.41, 5.74) is 0. The van der Waals surface area contributed by atoms with Crippen LogP contribution in [0.1, 0.15) is 24.6 Å². The number of benzene rings is 1. The first kappa shape index (κ1) is 13.3. The quantitative estimate of drug-likeness (QED) is 0.912. The molecule has 1 aliphatic rings. The van der Waals surface area contributed by atoms with Crippen LogP contribution in [0.15, 0.2) is 28.7 Å². The number of ether oxygens (including phenoxy) is 1. The fourth-order valence-electron chi connectivity index (χ4n) is 1.81. The number of hydrogen-bond acceptors (Lipinski definition) is 4. The van der Waals surface area contributed by atoms with Crippen molar-refractivity contribution in [1.29, 1.82) is 0 Å². The van der Waals surface area contributed by atoms with Crippen molar-refractivity contribution in [3.63, 3.8) is 0 Å². The Morgan fingerprint density at radius 2 is 2.10 bits per heavy atom. The molecule has 1 aromatic heterocycles. The zero-order valence-corrected chi connectivity index (χ0v) is 12.4. The van der Waals surface area contributed by atoms with Gasteiger partial charge in [-0.2, -0.15) is 4.98 Å². The standard InChI is InChI=1S/C14H13BrFN3O/c1-17-12-7-13(19-14(18-12)8-2-3-8)20-9-4-5-10(15)11(16)6-9/h4-8H,2-3H2,1H3,(H,17,18,19). The third-order valence-electron chi connectivity index (χ3n) is 3.03. The molecule has 1 N–H and O–H groups in total. The van der Waals surface area contributed by atoms with Gasteiger partial charge in [0.15, 0.2) is 0 Å². The predicted molar refractivity (Wildman–Crippen MR) is 77.7 cm³/mol. The van der Waals surface area contributed by atoms with Crippen LogP contribution in [0.2, 0.25) is 0 Å². The highest BCUT2D eigenvalue weighted by Crippen LogP contribution is 2.39. The van der Waals surface area contributed by atoms with Gasteiger partial charge in [0, 0.05) is 25.1 Å². The highest BCUT2D eigenvalue weighted by molar-refractivity contribution is 9.10. The maximum Gasteiger partial charge on any atom is 0.224 e. The second-order valence-corrected chi connectivity index (χ2v) is 5.51. The molecular weight excluding hydrogens is 325 g/mol. The van der Waals surface area contributed by atoms with E-state index in [0.29, 0.717) is 27.8 Å². The molecule has 20 heavy (non-hydrogen) atoms. The van der Waals surface area contributed by atoms with Gasteiger partial charge in [0.2, 0.25) is 5.88 Å². The van der Waals surface area contributed by atoms with Crippen molar-refractivity contribution in [2.45, 2.75) is 18.8 Å². The Morgan fingerprint density at radius 1 is 1.30 bits per heavy atom. The van der Waals surface area contributed by atoms with Crippen molar-refractivity contribution in [2.24, 2.45) is 0 Å². The Balaban J connectivity index is 1.88. The molecule has 2 aromatic rings. The van der Waals surface area contributed by atoms with Crippen LogP contribution in [0.3, 0.4) is 0 Å². The number of rotatable bonds is 4. The monoisotopic (exact) mass is 337 g/mol. The highest BCUT2D eigenvalue weighted by atomic mass is 79.9. The van der Waals surface area contributed by atoms with Gasteiger partial charge in [0.05, 0.1) is 4.47 Å². The molecule has 0 aliphatic heterocycles. The summed E-state index contributed by atoms with van der Waals surface area (Å²) in [5, 5.41) is 2.98. The molecule has 0 bridgehead atoms. The number of halogens is 2. The molecule has 0 atom stereocenters. The zero-order valence-electron chi connectivity index (χ0n) is 10.9. The average Bonchev–Trinajstić information content (AvgIpc) is 3.27. The number of nitrogens with one attached hydrogen (secondary N) is 1. The van der Waals surface area contributed by atoms with Crippen LogP contribution in [-0.4, -0.2) is 17.0 Å². The van der Waals surface area contributed by atoms with Gasteiger partial charge in [-0.3, -0.25) is 0 Å². The van der Waals surface area contributed by atoms with E-state index in [1.807, 2.05) is 0 Å². The SMILES string of the molecule is CNc1cc(Oc2ccc(Br)c(F)c2)nc(C2CC2)n1. The van der Waals surface area contributed by atoms with Crippen LogP contribution in [0.4, 0.5) is 10.2 Å². The average molecular weight is 338 g/mol. The van der Waals surface area contributed by atoms with Crippen LogP contribution in [0.25, 0.3) is 0 Å². The summed E-state index contributed by atoms with van der Waals surface area (Å²) in [6, 6.07) is 6.31. The topological polar surface area (TPSA) is 47.0 Å². The lowest BCUT2D eigenvalue weighted by atomic mass is 10.3. The molecule has 1 saturated carbocycles. The summed E-state index contributed by atoms with van der Waals surface area (Å²) in [7, 11) is 1.79. The maximum atomic E-state index is 13.5. The van der Waals surface area contributed by atoms with E-state index in [2.05, 4.69) is 31.2 Å². The molecule has 1 fully saturated rings. The molecular formula is C14H13BrFN3O. The molecule has 104 valence electrons. The van der Waals surface area contributed by atoms with E-state index in [0.717, 1.165) is 18.7 Å². The van der Waals surface area contributed by atoms with E-state index in [4.69, 9.17) is 4.74 Å². The number of hydrogen-bond donors (Lipinski definition) is 1. The smallest absolute Gasteiger partial charge is 0.224 e. The first-order chi connectivity index (χ1) is 9.65. The summed E-state index contributed by atoms with van der Waals surface area (Å²) in [6.07, 6.45) is 2.22. The minimum absolute atomic E-state index is 0.368. The van der Waals surface area contributed by atoms with Crippen molar-refractivity contribution >= 4 is 21.7 Å². The third-order valence-corrected chi connectivity index (χ3v) is 3.68. The molecule has 1 aromatic carbocycles. The Kier molecular flexibility index (Phi) is 3.56. The summed E-state index contributed by atoms with van der Waals surface area (Å²) in [5.74, 6) is 2.38. The van der Waals surface area contributed by atoms with Gasteiger partial charge in [0.25, 0.3) is 0 Å². The van der Waals surface area contributed by atoms with E-state index in [1.165, 1.54) is 6.07 Å². The number of anilines is 1. The zero-order chi connectivity index (χ0) is 14.1. The molecule has 1 aliphatic carbocycles. The fraction of sp³-hybridized carbons (Fsp3) is 0.286. The van der Waals surface area contributed by atoms with Gasteiger partial charge >= 0.3 is 0 Å². The molecule has 0 radical (unpaired) electrons. The van der Waals surface area contributed by atoms with Crippen LogP contribution in [0.5, 0.6) is 11.6 Å². The lowest BCUT2D eigenvalue weighted by Crippen LogP contribution is -2.01. The van der Waals surface area contributed by atoms with Crippen molar-refractivity contribution in [3.8, 4) is 11.6 Å². The second-order valence-electron chi connectivity index (χ2n) is 4.65. The van der Waals surface area contributed by atoms with Gasteiger partial charge in [0.1, 0.15) is 23.2 Å². The van der Waals surface area contributed by atoms with Gasteiger partial charge < -0.3 is 10.1 Å². The fourth-order valence-corrected chi connectivity index (χ4v) is 2.05. The molecule has 0 saturated heterocycles. The van der Waals surface area contributed by atoms with Gasteiger partial charge in [-0.1, -0.05) is 0 Å². The van der Waals surface area contributed by atoms with Crippen molar-refractivity contribution in [3.05, 3.63) is 40.4 Å². The van der Waals surface area contributed by atoms with Crippen LogP contribution in [0, 0.1) is 5.82 Å². The molecule has 0 amide bonds. The lowest BCUT2D eigenvalue weighted by molar-refractivity contribution is 0.454. The molecule has 4 nitrogen and oxygen atoms in total. The molecule has 6 heteroatoms. The van der Waals surface area contributed by atoms with E-state index in [1.54, 1.807) is 25.2 Å². The second kappa shape index (κ2) is 5.36. The van der Waals surface area contributed by atoms with Crippen LogP contribution in [-0.2, 0) is 0 Å². The summed E-state index contributed by atoms with van der Waals surface area (Å²) < 4.78 is 19.5. The van der Waals surface area contributed by atoms with Crippen molar-refractivity contribution < 1.29 is 9.13 Å². The molecule has 0 unspecified atom stereocenters. The summed E-state index contributed by atoms with van der Waals surface area (Å²) in [4.78, 5) is 8.79. The normalized spacial score (nSPS) is 14.2. The predicted octanol–water partition coefficient (Wildman–Crippen LogP) is 4.09. The molecule has 0 spiro atoms. The third kappa shape index (κ3) is 2.90. The van der Waals surface area contributed by atoms with E-state index >= 15 is 0 Å². The van der Waals surface area contributed by atoms with Crippen molar-refractivity contribution in [2.75, 3.05) is 12.4 Å². The van der Waals surface area contributed by atoms with E-state index in [-0.39, 0.29) is 5.82 Å². The Hall–Kier alpha value is -1.69. The first-order valence-electron chi connectivity index (χ1n) is 6.35. The molecule has 1 heterocycles. The van der Waals surface area contributed by atoms with E-state index in [9.17, 15) is 4.39 Å². The lowest BCUT2D eigenvalue weighted by Gasteiger charge is -2.09. The largest absolute Gasteiger partial charge is 0.439 e. The Labute approximate surface area is 124 Å². The van der Waals surface area contributed by atoms with Crippen LogP contribution >= 0.6 is 15.9 Å². The Bertz CT molecular complexity index is 646.